The van der Waals surface area contributed by atoms with Gasteiger partial charge in [0.05, 0.1) is 0 Å². The van der Waals surface area contributed by atoms with Crippen LogP contribution in [0.5, 0.6) is 5.75 Å². The Kier molecular flexibility index (Phi) is 7.88. The normalized spacial score (nSPS) is 11.6. The van der Waals surface area contributed by atoms with Gasteiger partial charge in [0.15, 0.2) is 6.61 Å². The Hall–Kier alpha value is -2.53. The van der Waals surface area contributed by atoms with E-state index < -0.39 is 6.04 Å². The van der Waals surface area contributed by atoms with Crippen molar-refractivity contribution in [3.8, 4) is 5.75 Å². The number of benzene rings is 2. The fourth-order valence-corrected chi connectivity index (χ4v) is 3.01. The van der Waals surface area contributed by atoms with E-state index in [0.29, 0.717) is 17.3 Å². The third-order valence-electron chi connectivity index (χ3n) is 4.72. The smallest absolute Gasteiger partial charge is 0.261 e. The maximum Gasteiger partial charge on any atom is 0.261 e. The summed E-state index contributed by atoms with van der Waals surface area (Å²) in [6, 6.07) is 12.4. The van der Waals surface area contributed by atoms with Crippen molar-refractivity contribution >= 4 is 23.4 Å². The molecule has 0 saturated heterocycles. The number of hydrogen-bond donors (Lipinski definition) is 1. The van der Waals surface area contributed by atoms with Crippen LogP contribution in [0.4, 0.5) is 0 Å². The predicted octanol–water partition coefficient (Wildman–Crippen LogP) is 3.89. The fourth-order valence-electron chi connectivity index (χ4n) is 2.82. The number of nitrogens with zero attached hydrogens (tertiary/aromatic N) is 1. The van der Waals surface area contributed by atoms with Gasteiger partial charge < -0.3 is 15.0 Å². The Morgan fingerprint density at radius 1 is 1.14 bits per heavy atom. The van der Waals surface area contributed by atoms with Crippen molar-refractivity contribution < 1.29 is 14.3 Å². The lowest BCUT2D eigenvalue weighted by Gasteiger charge is -2.29. The second-order valence-corrected chi connectivity index (χ2v) is 7.08. The van der Waals surface area contributed by atoms with Crippen LogP contribution in [0.15, 0.2) is 42.5 Å². The first-order valence-corrected chi connectivity index (χ1v) is 9.72. The Morgan fingerprint density at radius 3 is 2.54 bits per heavy atom. The molecule has 0 saturated carbocycles. The van der Waals surface area contributed by atoms with Gasteiger partial charge >= 0.3 is 0 Å². The summed E-state index contributed by atoms with van der Waals surface area (Å²) < 4.78 is 5.76. The average Bonchev–Trinajstić information content (AvgIpc) is 2.68. The molecular weight excluding hydrogens is 376 g/mol. The fraction of sp³-hybridized carbons (Fsp3) is 0.364. The zero-order valence-corrected chi connectivity index (χ0v) is 17.5. The summed E-state index contributed by atoms with van der Waals surface area (Å²) in [6.07, 6.45) is 0. The predicted molar refractivity (Wildman–Crippen MR) is 112 cm³/mol. The highest BCUT2D eigenvalue weighted by Gasteiger charge is 2.26. The summed E-state index contributed by atoms with van der Waals surface area (Å²) in [5.74, 6) is 0.172. The molecule has 5 nitrogen and oxygen atoms in total. The third kappa shape index (κ3) is 5.49. The standard InChI is InChI=1S/C22H27ClN2O3/c1-5-24-22(27)17(4)25(13-18-10-6-7-11-19(18)23)21(26)14-28-20-12-8-9-15(2)16(20)3/h6-12,17H,5,13-14H2,1-4H3,(H,24,27)/t17-/m0/s1. The zero-order chi connectivity index (χ0) is 20.7. The molecule has 0 bridgehead atoms. The molecule has 2 aromatic rings. The van der Waals surface area contributed by atoms with Crippen molar-refractivity contribution in [3.63, 3.8) is 0 Å². The van der Waals surface area contributed by atoms with Gasteiger partial charge in [-0.1, -0.05) is 41.9 Å². The van der Waals surface area contributed by atoms with Gasteiger partial charge in [-0.05, 0) is 56.5 Å². The molecule has 0 spiro atoms. The van der Waals surface area contributed by atoms with Crippen molar-refractivity contribution in [3.05, 3.63) is 64.2 Å². The lowest BCUT2D eigenvalue weighted by molar-refractivity contribution is -0.142. The van der Waals surface area contributed by atoms with Crippen LogP contribution in [0.3, 0.4) is 0 Å². The first kappa shape index (κ1) is 21.8. The largest absolute Gasteiger partial charge is 0.483 e. The zero-order valence-electron chi connectivity index (χ0n) is 16.8. The molecule has 0 aliphatic carbocycles. The summed E-state index contributed by atoms with van der Waals surface area (Å²) in [6.45, 7) is 8.06. The highest BCUT2D eigenvalue weighted by molar-refractivity contribution is 6.31. The van der Waals surface area contributed by atoms with Gasteiger partial charge in [0.1, 0.15) is 11.8 Å². The van der Waals surface area contributed by atoms with Gasteiger partial charge in [-0.2, -0.15) is 0 Å². The first-order valence-electron chi connectivity index (χ1n) is 9.34. The molecule has 2 aromatic carbocycles. The lowest BCUT2D eigenvalue weighted by atomic mass is 10.1. The minimum Gasteiger partial charge on any atom is -0.483 e. The van der Waals surface area contributed by atoms with E-state index in [1.807, 2.05) is 57.2 Å². The van der Waals surface area contributed by atoms with E-state index in [9.17, 15) is 9.59 Å². The van der Waals surface area contributed by atoms with Crippen LogP contribution in [0, 0.1) is 13.8 Å². The van der Waals surface area contributed by atoms with Crippen LogP contribution >= 0.6 is 11.6 Å². The highest BCUT2D eigenvalue weighted by atomic mass is 35.5. The summed E-state index contributed by atoms with van der Waals surface area (Å²) in [5.41, 5.74) is 2.86. The molecule has 0 heterocycles. The van der Waals surface area contributed by atoms with Gasteiger partial charge in [-0.15, -0.1) is 0 Å². The maximum absolute atomic E-state index is 13.0. The maximum atomic E-state index is 13.0. The van der Waals surface area contributed by atoms with E-state index in [1.165, 1.54) is 4.90 Å². The monoisotopic (exact) mass is 402 g/mol. The van der Waals surface area contributed by atoms with E-state index in [1.54, 1.807) is 13.0 Å². The SMILES string of the molecule is CCNC(=O)[C@H](C)N(Cc1ccccc1Cl)C(=O)COc1cccc(C)c1C. The topological polar surface area (TPSA) is 58.6 Å². The number of nitrogens with one attached hydrogen (secondary N) is 1. The molecule has 0 aliphatic heterocycles. The molecule has 1 atom stereocenters. The first-order chi connectivity index (χ1) is 13.3. The summed E-state index contributed by atoms with van der Waals surface area (Å²) in [7, 11) is 0. The van der Waals surface area contributed by atoms with E-state index in [0.717, 1.165) is 16.7 Å². The van der Waals surface area contributed by atoms with Crippen molar-refractivity contribution in [1.82, 2.24) is 10.2 Å². The number of carbonyl (C=O) groups excluding carboxylic acids is 2. The highest BCUT2D eigenvalue weighted by Crippen LogP contribution is 2.22. The van der Waals surface area contributed by atoms with Crippen molar-refractivity contribution in [2.75, 3.05) is 13.2 Å². The quantitative estimate of drug-likeness (QED) is 0.728. The molecule has 6 heteroatoms. The van der Waals surface area contributed by atoms with E-state index >= 15 is 0 Å². The Bertz CT molecular complexity index is 838. The number of halogens is 1. The molecular formula is C22H27ClN2O3. The van der Waals surface area contributed by atoms with E-state index in [-0.39, 0.29) is 25.0 Å². The molecule has 28 heavy (non-hydrogen) atoms. The second-order valence-electron chi connectivity index (χ2n) is 6.67. The lowest BCUT2D eigenvalue weighted by Crippen LogP contribution is -2.49. The summed E-state index contributed by atoms with van der Waals surface area (Å²) >= 11 is 6.26. The van der Waals surface area contributed by atoms with E-state index in [4.69, 9.17) is 16.3 Å². The average molecular weight is 403 g/mol. The van der Waals surface area contributed by atoms with Crippen LogP contribution < -0.4 is 10.1 Å². The van der Waals surface area contributed by atoms with Crippen LogP contribution in [-0.4, -0.2) is 35.9 Å². The number of likely N-dealkylation sites (N-methyl/N-ethyl adjacent to an activating group) is 1. The Morgan fingerprint density at radius 2 is 1.86 bits per heavy atom. The number of aryl methyl sites for hydroxylation is 1. The molecule has 1 N–H and O–H groups in total. The van der Waals surface area contributed by atoms with Crippen LogP contribution in [0.25, 0.3) is 0 Å². The van der Waals surface area contributed by atoms with Gasteiger partial charge in [-0.25, -0.2) is 0 Å². The number of carbonyl (C=O) groups is 2. The number of hydrogen-bond acceptors (Lipinski definition) is 3. The summed E-state index contributed by atoms with van der Waals surface area (Å²) in [4.78, 5) is 26.8. The van der Waals surface area contributed by atoms with Crippen molar-refractivity contribution in [2.45, 2.75) is 40.3 Å². The third-order valence-corrected chi connectivity index (χ3v) is 5.09. The van der Waals surface area contributed by atoms with E-state index in [2.05, 4.69) is 5.32 Å². The molecule has 0 radical (unpaired) electrons. The van der Waals surface area contributed by atoms with Crippen LogP contribution in [0.2, 0.25) is 5.02 Å². The van der Waals surface area contributed by atoms with Gasteiger partial charge in [0.25, 0.3) is 5.91 Å². The number of ether oxygens (including phenoxy) is 1. The van der Waals surface area contributed by atoms with Crippen LogP contribution in [0.1, 0.15) is 30.5 Å². The second kappa shape index (κ2) is 10.1. The van der Waals surface area contributed by atoms with Crippen LogP contribution in [-0.2, 0) is 16.1 Å². The van der Waals surface area contributed by atoms with Crippen molar-refractivity contribution in [2.24, 2.45) is 0 Å². The Labute approximate surface area is 171 Å². The summed E-state index contributed by atoms with van der Waals surface area (Å²) in [5, 5.41) is 3.32. The number of rotatable bonds is 8. The number of amides is 2. The molecule has 2 rings (SSSR count). The molecule has 0 aromatic heterocycles. The minimum absolute atomic E-state index is 0.154. The van der Waals surface area contributed by atoms with Crippen molar-refractivity contribution in [1.29, 1.82) is 0 Å². The molecule has 150 valence electrons. The minimum atomic E-state index is -0.647. The molecule has 2 amide bonds. The van der Waals surface area contributed by atoms with Gasteiger partial charge in [0, 0.05) is 18.1 Å². The van der Waals surface area contributed by atoms with Gasteiger partial charge in [-0.3, -0.25) is 9.59 Å². The molecule has 0 fully saturated rings. The molecule has 0 aliphatic rings. The Balaban J connectivity index is 2.19. The van der Waals surface area contributed by atoms with Gasteiger partial charge in [0.2, 0.25) is 5.91 Å². The molecule has 0 unspecified atom stereocenters.